The van der Waals surface area contributed by atoms with Crippen molar-refractivity contribution in [1.29, 1.82) is 0 Å². The molecule has 1 aliphatic heterocycles. The van der Waals surface area contributed by atoms with E-state index in [0.717, 1.165) is 35.6 Å². The van der Waals surface area contributed by atoms with Gasteiger partial charge in [0.25, 0.3) is 0 Å². The highest BCUT2D eigenvalue weighted by Crippen LogP contribution is 2.29. The Labute approximate surface area is 131 Å². The topological polar surface area (TPSA) is 41.6 Å². The number of carbonyl (C=O) groups is 1. The van der Waals surface area contributed by atoms with Crippen LogP contribution in [0.3, 0.4) is 0 Å². The molecule has 1 fully saturated rings. The third kappa shape index (κ3) is 3.35. The van der Waals surface area contributed by atoms with Crippen molar-refractivity contribution in [3.05, 3.63) is 29.3 Å². The molecule has 1 amide bonds. The maximum absolute atomic E-state index is 12.5. The van der Waals surface area contributed by atoms with Gasteiger partial charge in [-0.1, -0.05) is 13.0 Å². The molecule has 0 aliphatic carbocycles. The molecule has 0 spiro atoms. The third-order valence-corrected chi connectivity index (χ3v) is 4.52. The number of aryl methyl sites for hydroxylation is 1. The maximum Gasteiger partial charge on any atom is 0.241 e. The lowest BCUT2D eigenvalue weighted by Gasteiger charge is -2.25. The van der Waals surface area contributed by atoms with E-state index in [2.05, 4.69) is 17.6 Å². The number of nitrogens with zero attached hydrogens (tertiary/aromatic N) is 1. The summed E-state index contributed by atoms with van der Waals surface area (Å²) in [6.07, 6.45) is 2.86. The lowest BCUT2D eigenvalue weighted by atomic mass is 10.1. The van der Waals surface area contributed by atoms with Gasteiger partial charge in [-0.05, 0) is 42.9 Å². The van der Waals surface area contributed by atoms with E-state index < -0.39 is 0 Å². The molecule has 0 radical (unpaired) electrons. The second-order valence-corrected chi connectivity index (χ2v) is 6.27. The Hall–Kier alpha value is -1.20. The lowest BCUT2D eigenvalue weighted by molar-refractivity contribution is -0.129. The summed E-state index contributed by atoms with van der Waals surface area (Å²) in [7, 11) is 1.68. The van der Waals surface area contributed by atoms with Crippen LogP contribution in [0.4, 0.5) is 0 Å². The molecule has 21 heavy (non-hydrogen) atoms. The average molecular weight is 308 g/mol. The molecule has 0 aromatic heterocycles. The van der Waals surface area contributed by atoms with Crippen molar-refractivity contribution in [3.63, 3.8) is 0 Å². The number of ether oxygens (including phenoxy) is 1. The Bertz CT molecular complexity index is 507. The Balaban J connectivity index is 2.26. The number of thioether (sulfide) groups is 1. The number of hydrogen-bond acceptors (Lipinski definition) is 4. The molecule has 4 nitrogen and oxygen atoms in total. The highest BCUT2D eigenvalue weighted by Gasteiger charge is 2.38. The van der Waals surface area contributed by atoms with Crippen LogP contribution in [0.15, 0.2) is 18.2 Å². The van der Waals surface area contributed by atoms with Crippen LogP contribution < -0.4 is 10.1 Å². The van der Waals surface area contributed by atoms with Crippen molar-refractivity contribution in [1.82, 2.24) is 10.2 Å². The smallest absolute Gasteiger partial charge is 0.241 e. The summed E-state index contributed by atoms with van der Waals surface area (Å²) in [6.45, 7) is 4.85. The van der Waals surface area contributed by atoms with Gasteiger partial charge in [0.1, 0.15) is 11.9 Å². The first-order valence-electron chi connectivity index (χ1n) is 7.32. The summed E-state index contributed by atoms with van der Waals surface area (Å²) in [6, 6.07) is 6.05. The van der Waals surface area contributed by atoms with E-state index >= 15 is 0 Å². The number of carbonyl (C=O) groups excluding carboxylic acids is 1. The Morgan fingerprint density at radius 1 is 1.43 bits per heavy atom. The Morgan fingerprint density at radius 2 is 2.19 bits per heavy atom. The van der Waals surface area contributed by atoms with Gasteiger partial charge in [0.15, 0.2) is 0 Å². The Morgan fingerprint density at radius 3 is 2.76 bits per heavy atom. The van der Waals surface area contributed by atoms with Crippen molar-refractivity contribution in [3.8, 4) is 5.75 Å². The second kappa shape index (κ2) is 7.18. The first kappa shape index (κ1) is 16.2. The summed E-state index contributed by atoms with van der Waals surface area (Å²) < 4.78 is 5.31. The van der Waals surface area contributed by atoms with Crippen LogP contribution >= 0.6 is 11.8 Å². The summed E-state index contributed by atoms with van der Waals surface area (Å²) in [5.41, 5.74) is 2.22. The fraction of sp³-hybridized carbons (Fsp3) is 0.562. The zero-order valence-electron chi connectivity index (χ0n) is 13.2. The number of hydrogen-bond donors (Lipinski definition) is 1. The molecule has 2 unspecified atom stereocenters. The van der Waals surface area contributed by atoms with Crippen LogP contribution in [0.2, 0.25) is 0 Å². The van der Waals surface area contributed by atoms with Crippen LogP contribution in [0.25, 0.3) is 0 Å². The second-order valence-electron chi connectivity index (χ2n) is 5.28. The van der Waals surface area contributed by atoms with Gasteiger partial charge in [-0.2, -0.15) is 11.8 Å². The molecular formula is C16H24N2O2S. The van der Waals surface area contributed by atoms with Gasteiger partial charge in [-0.3, -0.25) is 10.1 Å². The van der Waals surface area contributed by atoms with Gasteiger partial charge in [-0.25, -0.2) is 0 Å². The monoisotopic (exact) mass is 308 g/mol. The zero-order valence-corrected chi connectivity index (χ0v) is 14.0. The van der Waals surface area contributed by atoms with Gasteiger partial charge in [0, 0.05) is 12.3 Å². The minimum absolute atomic E-state index is 0.0285. The van der Waals surface area contributed by atoms with Crippen molar-refractivity contribution in [2.24, 2.45) is 0 Å². The molecule has 2 rings (SSSR count). The molecule has 116 valence electrons. The lowest BCUT2D eigenvalue weighted by Crippen LogP contribution is -2.32. The largest absolute Gasteiger partial charge is 0.496 e. The number of benzene rings is 1. The average Bonchev–Trinajstić information content (AvgIpc) is 2.81. The highest BCUT2D eigenvalue weighted by atomic mass is 32.2. The molecule has 0 bridgehead atoms. The van der Waals surface area contributed by atoms with Crippen molar-refractivity contribution < 1.29 is 9.53 Å². The summed E-state index contributed by atoms with van der Waals surface area (Å²) in [4.78, 5) is 14.4. The van der Waals surface area contributed by atoms with E-state index in [1.165, 1.54) is 0 Å². The number of amides is 1. The summed E-state index contributed by atoms with van der Waals surface area (Å²) >= 11 is 1.76. The van der Waals surface area contributed by atoms with Gasteiger partial charge in [0.05, 0.1) is 13.2 Å². The van der Waals surface area contributed by atoms with E-state index in [4.69, 9.17) is 4.74 Å². The van der Waals surface area contributed by atoms with Gasteiger partial charge < -0.3 is 9.64 Å². The van der Waals surface area contributed by atoms with Crippen LogP contribution in [0, 0.1) is 6.92 Å². The normalized spacial score (nSPS) is 21.9. The first-order chi connectivity index (χ1) is 10.1. The number of rotatable bonds is 6. The van der Waals surface area contributed by atoms with E-state index in [1.54, 1.807) is 18.9 Å². The molecule has 0 saturated carbocycles. The molecule has 5 heteroatoms. The predicted octanol–water partition coefficient (Wildman–Crippen LogP) is 2.58. The molecular weight excluding hydrogens is 284 g/mol. The Kier molecular flexibility index (Phi) is 5.53. The van der Waals surface area contributed by atoms with Crippen LogP contribution in [-0.4, -0.2) is 42.5 Å². The van der Waals surface area contributed by atoms with Crippen molar-refractivity contribution >= 4 is 17.7 Å². The SMILES string of the molecule is CCC1NC(c2ccc(OC)c(C)c2)N(CCSC)C1=O. The molecule has 1 aromatic carbocycles. The van der Waals surface area contributed by atoms with E-state index in [9.17, 15) is 4.79 Å². The van der Waals surface area contributed by atoms with Gasteiger partial charge >= 0.3 is 0 Å². The van der Waals surface area contributed by atoms with Gasteiger partial charge in [0.2, 0.25) is 5.91 Å². The van der Waals surface area contributed by atoms with Crippen molar-refractivity contribution in [2.45, 2.75) is 32.5 Å². The van der Waals surface area contributed by atoms with E-state index in [0.29, 0.717) is 0 Å². The van der Waals surface area contributed by atoms with E-state index in [-0.39, 0.29) is 18.1 Å². The summed E-state index contributed by atoms with van der Waals surface area (Å²) in [5, 5.41) is 3.46. The minimum Gasteiger partial charge on any atom is -0.496 e. The minimum atomic E-state index is -0.0701. The van der Waals surface area contributed by atoms with Crippen LogP contribution in [0.1, 0.15) is 30.6 Å². The molecule has 1 saturated heterocycles. The van der Waals surface area contributed by atoms with Gasteiger partial charge in [-0.15, -0.1) is 0 Å². The molecule has 1 aromatic rings. The molecule has 2 atom stereocenters. The summed E-state index contributed by atoms with van der Waals surface area (Å²) in [5.74, 6) is 2.05. The van der Waals surface area contributed by atoms with Crippen LogP contribution in [0.5, 0.6) is 5.75 Å². The fourth-order valence-corrected chi connectivity index (χ4v) is 3.13. The quantitative estimate of drug-likeness (QED) is 0.877. The number of nitrogens with one attached hydrogen (secondary N) is 1. The molecule has 1 heterocycles. The maximum atomic E-state index is 12.5. The molecule has 1 N–H and O–H groups in total. The molecule has 1 aliphatic rings. The first-order valence-corrected chi connectivity index (χ1v) is 8.71. The number of methoxy groups -OCH3 is 1. The predicted molar refractivity (Wildman–Crippen MR) is 87.8 cm³/mol. The standard InChI is InChI=1S/C16H24N2O2S/c1-5-13-16(19)18(8-9-21-4)15(17-13)12-6-7-14(20-3)11(2)10-12/h6-7,10,13,15,17H,5,8-9H2,1-4H3. The van der Waals surface area contributed by atoms with Crippen molar-refractivity contribution in [2.75, 3.05) is 25.7 Å². The third-order valence-electron chi connectivity index (χ3n) is 3.93. The van der Waals surface area contributed by atoms with Crippen LogP contribution in [-0.2, 0) is 4.79 Å². The van der Waals surface area contributed by atoms with E-state index in [1.807, 2.05) is 30.9 Å². The highest BCUT2D eigenvalue weighted by molar-refractivity contribution is 7.98. The fourth-order valence-electron chi connectivity index (χ4n) is 2.75. The zero-order chi connectivity index (χ0) is 15.4.